The molecule has 9 nitrogen and oxygen atoms in total. The third-order valence-electron chi connectivity index (χ3n) is 4.76. The molecule has 3 rings (SSSR count). The van der Waals surface area contributed by atoms with Crippen LogP contribution in [0, 0.1) is 0 Å². The van der Waals surface area contributed by atoms with Gasteiger partial charge in [0.05, 0.1) is 29.0 Å². The van der Waals surface area contributed by atoms with Crippen LogP contribution in [0.5, 0.6) is 5.88 Å². The lowest BCUT2D eigenvalue weighted by atomic mass is 9.93. The van der Waals surface area contributed by atoms with Crippen LogP contribution in [0.25, 0.3) is 0 Å². The SMILES string of the molecule is CC(C)Oc1ncc(S(=O)(=O)N(C)C2CCCc3c2cnn3CC(=O)O)cc1Br. The summed E-state index contributed by atoms with van der Waals surface area (Å²) < 4.78 is 35.2. The molecule has 1 unspecified atom stereocenters. The number of hydrogen-bond donors (Lipinski definition) is 1. The second-order valence-electron chi connectivity index (χ2n) is 7.15. The Hall–Kier alpha value is -1.98. The summed E-state index contributed by atoms with van der Waals surface area (Å²) in [7, 11) is -2.31. The number of halogens is 1. The van der Waals surface area contributed by atoms with Gasteiger partial charge < -0.3 is 9.84 Å². The number of pyridine rings is 1. The molecule has 2 heterocycles. The van der Waals surface area contributed by atoms with E-state index in [1.807, 2.05) is 13.8 Å². The Kier molecular flexibility index (Phi) is 6.30. The molecule has 0 spiro atoms. The van der Waals surface area contributed by atoms with Gasteiger partial charge >= 0.3 is 5.97 Å². The highest BCUT2D eigenvalue weighted by atomic mass is 79.9. The number of nitrogens with zero attached hydrogens (tertiary/aromatic N) is 4. The quantitative estimate of drug-likeness (QED) is 0.639. The number of hydrogen-bond acceptors (Lipinski definition) is 6. The zero-order valence-electron chi connectivity index (χ0n) is 16.4. The largest absolute Gasteiger partial charge is 0.480 e. The van der Waals surface area contributed by atoms with Crippen molar-refractivity contribution in [3.8, 4) is 5.88 Å². The Morgan fingerprint density at radius 3 is 2.79 bits per heavy atom. The minimum atomic E-state index is -3.83. The Balaban J connectivity index is 1.91. The van der Waals surface area contributed by atoms with Gasteiger partial charge in [-0.15, -0.1) is 0 Å². The van der Waals surface area contributed by atoms with Gasteiger partial charge in [-0.1, -0.05) is 0 Å². The molecule has 0 saturated carbocycles. The molecule has 29 heavy (non-hydrogen) atoms. The maximum atomic E-state index is 13.2. The lowest BCUT2D eigenvalue weighted by Gasteiger charge is -2.30. The number of rotatable bonds is 7. The highest BCUT2D eigenvalue weighted by Gasteiger charge is 2.34. The smallest absolute Gasteiger partial charge is 0.325 e. The van der Waals surface area contributed by atoms with Gasteiger partial charge in [-0.25, -0.2) is 13.4 Å². The molecular formula is C18H23BrN4O5S. The molecule has 1 N–H and O–H groups in total. The Morgan fingerprint density at radius 2 is 2.17 bits per heavy atom. The van der Waals surface area contributed by atoms with E-state index in [1.54, 1.807) is 6.20 Å². The zero-order chi connectivity index (χ0) is 21.3. The Bertz CT molecular complexity index is 1020. The molecule has 0 radical (unpaired) electrons. The van der Waals surface area contributed by atoms with Crippen molar-refractivity contribution in [1.29, 1.82) is 0 Å². The van der Waals surface area contributed by atoms with E-state index < -0.39 is 22.0 Å². The van der Waals surface area contributed by atoms with Gasteiger partial charge in [-0.3, -0.25) is 9.48 Å². The lowest BCUT2D eigenvalue weighted by molar-refractivity contribution is -0.137. The third-order valence-corrected chi connectivity index (χ3v) is 7.16. The molecule has 0 saturated heterocycles. The summed E-state index contributed by atoms with van der Waals surface area (Å²) in [6.07, 6.45) is 4.80. The minimum absolute atomic E-state index is 0.0491. The van der Waals surface area contributed by atoms with Crippen LogP contribution >= 0.6 is 15.9 Å². The molecule has 2 aromatic heterocycles. The Morgan fingerprint density at radius 1 is 1.45 bits per heavy atom. The number of aliphatic carboxylic acids is 1. The van der Waals surface area contributed by atoms with Gasteiger partial charge in [0.25, 0.3) is 0 Å². The number of sulfonamides is 1. The van der Waals surface area contributed by atoms with Crippen LogP contribution in [0.2, 0.25) is 0 Å². The van der Waals surface area contributed by atoms with E-state index in [0.29, 0.717) is 23.2 Å². The summed E-state index contributed by atoms with van der Waals surface area (Å²) in [4.78, 5) is 15.2. The summed E-state index contributed by atoms with van der Waals surface area (Å²) in [5.41, 5.74) is 1.51. The van der Waals surface area contributed by atoms with Crippen LogP contribution in [0.4, 0.5) is 0 Å². The van der Waals surface area contributed by atoms with Crippen molar-refractivity contribution in [2.45, 2.75) is 56.7 Å². The van der Waals surface area contributed by atoms with Crippen LogP contribution < -0.4 is 4.74 Å². The van der Waals surface area contributed by atoms with Crippen molar-refractivity contribution < 1.29 is 23.1 Å². The minimum Gasteiger partial charge on any atom is -0.480 e. The van der Waals surface area contributed by atoms with Crippen LogP contribution in [0.1, 0.15) is 44.0 Å². The number of aromatic nitrogens is 3. The van der Waals surface area contributed by atoms with Gasteiger partial charge in [0, 0.05) is 18.3 Å². The molecule has 0 fully saturated rings. The molecule has 0 aliphatic heterocycles. The Labute approximate surface area is 177 Å². The predicted molar refractivity (Wildman–Crippen MR) is 108 cm³/mol. The maximum Gasteiger partial charge on any atom is 0.325 e. The first-order chi connectivity index (χ1) is 13.6. The van der Waals surface area contributed by atoms with Crippen molar-refractivity contribution in [1.82, 2.24) is 19.1 Å². The van der Waals surface area contributed by atoms with Crippen LogP contribution in [-0.4, -0.2) is 51.7 Å². The number of ether oxygens (including phenoxy) is 1. The number of carboxylic acids is 1. The second-order valence-corrected chi connectivity index (χ2v) is 10.0. The van der Waals surface area contributed by atoms with E-state index in [9.17, 15) is 13.2 Å². The topological polar surface area (TPSA) is 115 Å². The molecule has 0 amide bonds. The van der Waals surface area contributed by atoms with E-state index >= 15 is 0 Å². The second kappa shape index (κ2) is 8.41. The average molecular weight is 487 g/mol. The van der Waals surface area contributed by atoms with Crippen LogP contribution in [-0.2, 0) is 27.8 Å². The van der Waals surface area contributed by atoms with Crippen molar-refractivity contribution in [2.75, 3.05) is 7.05 Å². The van der Waals surface area contributed by atoms with Crippen LogP contribution in [0.15, 0.2) is 27.8 Å². The molecule has 0 bridgehead atoms. The zero-order valence-corrected chi connectivity index (χ0v) is 18.8. The van der Waals surface area contributed by atoms with E-state index in [1.165, 1.54) is 28.3 Å². The predicted octanol–water partition coefficient (Wildman–Crippen LogP) is 2.61. The lowest BCUT2D eigenvalue weighted by Crippen LogP contribution is -2.33. The summed E-state index contributed by atoms with van der Waals surface area (Å²) in [5, 5.41) is 13.2. The molecule has 2 aromatic rings. The van der Waals surface area contributed by atoms with Crippen molar-refractivity contribution in [3.63, 3.8) is 0 Å². The van der Waals surface area contributed by atoms with E-state index in [4.69, 9.17) is 9.84 Å². The first-order valence-electron chi connectivity index (χ1n) is 9.18. The highest BCUT2D eigenvalue weighted by Crippen LogP contribution is 2.37. The maximum absolute atomic E-state index is 13.2. The molecule has 1 atom stereocenters. The van der Waals surface area contributed by atoms with Gasteiger partial charge in [-0.05, 0) is 55.1 Å². The summed E-state index contributed by atoms with van der Waals surface area (Å²) in [6, 6.07) is 1.06. The van der Waals surface area contributed by atoms with Crippen molar-refractivity contribution >= 4 is 31.9 Å². The van der Waals surface area contributed by atoms with Gasteiger partial charge in [0.1, 0.15) is 11.4 Å². The summed E-state index contributed by atoms with van der Waals surface area (Å²) in [5.74, 6) is -0.657. The molecule has 0 aromatic carbocycles. The van der Waals surface area contributed by atoms with Crippen LogP contribution in [0.3, 0.4) is 0 Å². The number of carboxylic acid groups (broad SMARTS) is 1. The number of fused-ring (bicyclic) bond motifs is 1. The van der Waals surface area contributed by atoms with Crippen molar-refractivity contribution in [3.05, 3.63) is 34.2 Å². The third kappa shape index (κ3) is 4.46. The van der Waals surface area contributed by atoms with E-state index in [2.05, 4.69) is 26.0 Å². The van der Waals surface area contributed by atoms with E-state index in [-0.39, 0.29) is 17.5 Å². The molecule has 11 heteroatoms. The van der Waals surface area contributed by atoms with E-state index in [0.717, 1.165) is 17.7 Å². The first kappa shape index (κ1) is 21.7. The fourth-order valence-electron chi connectivity index (χ4n) is 3.43. The normalized spacial score (nSPS) is 16.8. The number of carbonyl (C=O) groups is 1. The molecular weight excluding hydrogens is 464 g/mol. The molecule has 1 aliphatic rings. The molecule has 158 valence electrons. The summed E-state index contributed by atoms with van der Waals surface area (Å²) in [6.45, 7) is 3.47. The standard InChI is InChI=1S/C18H23BrN4O5S/c1-11(2)28-18-14(19)7-12(8-20-18)29(26,27)22(3)15-5-4-6-16-13(15)9-21-23(16)10-17(24)25/h7-9,11,15H,4-6,10H2,1-3H3,(H,24,25). The highest BCUT2D eigenvalue weighted by molar-refractivity contribution is 9.10. The van der Waals surface area contributed by atoms with Gasteiger partial charge in [0.2, 0.25) is 15.9 Å². The van der Waals surface area contributed by atoms with Crippen molar-refractivity contribution in [2.24, 2.45) is 0 Å². The first-order valence-corrected chi connectivity index (χ1v) is 11.4. The molecule has 1 aliphatic carbocycles. The average Bonchev–Trinajstić information content (AvgIpc) is 3.04. The monoisotopic (exact) mass is 486 g/mol. The fraction of sp³-hybridized carbons (Fsp3) is 0.500. The fourth-order valence-corrected chi connectivity index (χ4v) is 5.36. The summed E-state index contributed by atoms with van der Waals surface area (Å²) >= 11 is 3.33. The van der Waals surface area contributed by atoms with Gasteiger partial charge in [-0.2, -0.15) is 9.40 Å². The van der Waals surface area contributed by atoms with Gasteiger partial charge in [0.15, 0.2) is 0 Å².